The topological polar surface area (TPSA) is 214 Å². The van der Waals surface area contributed by atoms with Gasteiger partial charge in [0.2, 0.25) is 29.5 Å². The molecule has 0 fully saturated rings. The Kier molecular flexibility index (Phi) is 17.9. The molecular formula is C55H69N5O9. The lowest BCUT2D eigenvalue weighted by Gasteiger charge is -2.32. The van der Waals surface area contributed by atoms with Crippen LogP contribution in [0.15, 0.2) is 97.1 Å². The van der Waals surface area contributed by atoms with E-state index in [9.17, 15) is 43.2 Å². The molecule has 4 atom stereocenters. The molecule has 0 aliphatic rings. The largest absolute Gasteiger partial charge is 0.345 e. The molecule has 0 heterocycles. The standard InChI is InChI=1S/C55H69N5O9/c1-33(35(3)61)56-50(68)54(9,10)59-48(66)42(28-36-22-26-40(27-23-36)46(64)39-19-14-13-15-20-39)32-45(63)53(7,8)58-47(65)34(2)57-51(69)55(11,12)60-49(67)43(31-44(62)52(4,5)6)30-37-24-25-38-18-16-17-21-41(38)29-37/h13-27,29,33-34,42-43H,28,30-32H2,1-12H3,(H,56,68)(H,57,69)(H,58,65)(H,59,66)(H,60,67). The van der Waals surface area contributed by atoms with E-state index in [-0.39, 0.29) is 43.0 Å². The Morgan fingerprint density at radius 3 is 1.42 bits per heavy atom. The Morgan fingerprint density at radius 1 is 0.464 bits per heavy atom. The highest BCUT2D eigenvalue weighted by molar-refractivity contribution is 6.09. The van der Waals surface area contributed by atoms with Crippen molar-refractivity contribution in [3.63, 3.8) is 0 Å². The summed E-state index contributed by atoms with van der Waals surface area (Å²) in [6.07, 6.45) is -0.178. The smallest absolute Gasteiger partial charge is 0.245 e. The molecule has 0 saturated carbocycles. The Morgan fingerprint density at radius 2 is 0.899 bits per heavy atom. The summed E-state index contributed by atoms with van der Waals surface area (Å²) in [5.74, 6) is -6.15. The van der Waals surface area contributed by atoms with Crippen molar-refractivity contribution in [1.29, 1.82) is 0 Å². The van der Waals surface area contributed by atoms with Gasteiger partial charge < -0.3 is 26.6 Å². The minimum Gasteiger partial charge on any atom is -0.345 e. The number of hydrogen-bond acceptors (Lipinski definition) is 9. The van der Waals surface area contributed by atoms with Crippen LogP contribution in [0.3, 0.4) is 0 Å². The fourth-order valence-corrected chi connectivity index (χ4v) is 7.35. The second-order valence-corrected chi connectivity index (χ2v) is 20.7. The van der Waals surface area contributed by atoms with Crippen molar-refractivity contribution >= 4 is 63.4 Å². The molecule has 0 saturated heterocycles. The fourth-order valence-electron chi connectivity index (χ4n) is 7.35. The third-order valence-electron chi connectivity index (χ3n) is 12.3. The molecule has 14 nitrogen and oxygen atoms in total. The van der Waals surface area contributed by atoms with Gasteiger partial charge in [-0.05, 0) is 97.1 Å². The lowest BCUT2D eigenvalue weighted by atomic mass is 9.82. The van der Waals surface area contributed by atoms with Crippen molar-refractivity contribution in [1.82, 2.24) is 26.6 Å². The molecule has 4 rings (SSSR count). The predicted octanol–water partition coefficient (Wildman–Crippen LogP) is 6.34. The number of ketones is 4. The van der Waals surface area contributed by atoms with E-state index in [0.717, 1.165) is 16.3 Å². The van der Waals surface area contributed by atoms with Gasteiger partial charge in [0.15, 0.2) is 17.3 Å². The van der Waals surface area contributed by atoms with Crippen molar-refractivity contribution in [2.24, 2.45) is 17.3 Å². The van der Waals surface area contributed by atoms with Gasteiger partial charge >= 0.3 is 0 Å². The molecule has 0 aliphatic carbocycles. The van der Waals surface area contributed by atoms with Crippen molar-refractivity contribution in [2.45, 2.75) is 137 Å². The van der Waals surface area contributed by atoms with Crippen molar-refractivity contribution in [3.05, 3.63) is 119 Å². The number of carbonyl (C=O) groups is 9. The Balaban J connectivity index is 1.47. The van der Waals surface area contributed by atoms with Crippen molar-refractivity contribution in [2.75, 3.05) is 0 Å². The summed E-state index contributed by atoms with van der Waals surface area (Å²) in [6, 6.07) is 27.1. The molecule has 0 aromatic heterocycles. The Labute approximate surface area is 405 Å². The number of rotatable bonds is 22. The molecule has 0 spiro atoms. The normalized spacial score (nSPS) is 13.7. The molecule has 5 N–H and O–H groups in total. The third-order valence-corrected chi connectivity index (χ3v) is 12.3. The second-order valence-electron chi connectivity index (χ2n) is 20.7. The summed E-state index contributed by atoms with van der Waals surface area (Å²) < 4.78 is 0. The van der Waals surface area contributed by atoms with E-state index in [1.807, 2.05) is 48.5 Å². The van der Waals surface area contributed by atoms with Gasteiger partial charge in [0, 0.05) is 41.2 Å². The van der Waals surface area contributed by atoms with Crippen molar-refractivity contribution in [3.8, 4) is 0 Å². The first-order valence-electron chi connectivity index (χ1n) is 23.3. The quantitative estimate of drug-likeness (QED) is 0.0556. The molecule has 0 bridgehead atoms. The highest BCUT2D eigenvalue weighted by Gasteiger charge is 2.40. The average Bonchev–Trinajstić information content (AvgIpc) is 3.27. The van der Waals surface area contributed by atoms with E-state index in [1.165, 1.54) is 62.3 Å². The molecule has 14 heteroatoms. The fraction of sp³-hybridized carbons (Fsp3) is 0.436. The molecule has 5 amide bonds. The third kappa shape index (κ3) is 15.3. The van der Waals surface area contributed by atoms with Crippen LogP contribution in [0, 0.1) is 17.3 Å². The molecule has 0 aliphatic heterocycles. The SMILES string of the molecule is CC(=O)C(C)NC(=O)C(C)(C)NC(=O)C(CC(=O)C(C)(C)NC(=O)C(C)NC(=O)C(C)(C)NC(=O)C(CC(=O)C(C)(C)C)Cc1ccc2ccccc2c1)Cc1ccc(C(=O)c2ccccc2)cc1. The van der Waals surface area contributed by atoms with Crippen LogP contribution in [0.25, 0.3) is 10.8 Å². The highest BCUT2D eigenvalue weighted by atomic mass is 16.2. The van der Waals surface area contributed by atoms with Crippen LogP contribution in [-0.2, 0) is 51.2 Å². The van der Waals surface area contributed by atoms with E-state index in [0.29, 0.717) is 16.7 Å². The van der Waals surface area contributed by atoms with Crippen LogP contribution in [0.5, 0.6) is 0 Å². The summed E-state index contributed by atoms with van der Waals surface area (Å²) >= 11 is 0. The minimum atomic E-state index is -1.57. The summed E-state index contributed by atoms with van der Waals surface area (Å²) in [6.45, 7) is 18.5. The number of carbonyl (C=O) groups excluding carboxylic acids is 9. The first-order chi connectivity index (χ1) is 32.0. The number of Topliss-reactive ketones (excluding diaryl/α,β-unsaturated/α-hetero) is 3. The van der Waals surface area contributed by atoms with Crippen LogP contribution in [-0.4, -0.2) is 81.4 Å². The maximum atomic E-state index is 14.1. The number of hydrogen-bond donors (Lipinski definition) is 5. The number of nitrogens with one attached hydrogen (secondary N) is 5. The maximum absolute atomic E-state index is 14.1. The highest BCUT2D eigenvalue weighted by Crippen LogP contribution is 2.26. The van der Waals surface area contributed by atoms with Gasteiger partial charge in [0.05, 0.1) is 11.6 Å². The zero-order valence-corrected chi connectivity index (χ0v) is 42.0. The zero-order valence-electron chi connectivity index (χ0n) is 42.0. The van der Waals surface area contributed by atoms with Crippen LogP contribution in [0.2, 0.25) is 0 Å². The predicted molar refractivity (Wildman–Crippen MR) is 266 cm³/mol. The van der Waals surface area contributed by atoms with Crippen molar-refractivity contribution < 1.29 is 43.2 Å². The monoisotopic (exact) mass is 944 g/mol. The Bertz CT molecular complexity index is 2570. The van der Waals surface area contributed by atoms with Crippen LogP contribution >= 0.6 is 0 Å². The number of amides is 5. The Hall–Kier alpha value is -6.83. The van der Waals surface area contributed by atoms with E-state index < -0.39 is 81.3 Å². The van der Waals surface area contributed by atoms with Crippen LogP contribution in [0.4, 0.5) is 0 Å². The average molecular weight is 944 g/mol. The molecule has 0 radical (unpaired) electrons. The van der Waals surface area contributed by atoms with Gasteiger partial charge in [0.25, 0.3) is 0 Å². The summed E-state index contributed by atoms with van der Waals surface area (Å²) in [4.78, 5) is 121. The summed E-state index contributed by atoms with van der Waals surface area (Å²) in [5, 5.41) is 15.5. The van der Waals surface area contributed by atoms with Gasteiger partial charge in [-0.2, -0.15) is 0 Å². The second kappa shape index (κ2) is 22.5. The minimum absolute atomic E-state index is 0.0176. The van der Waals surface area contributed by atoms with E-state index in [4.69, 9.17) is 0 Å². The van der Waals surface area contributed by atoms with E-state index >= 15 is 0 Å². The molecular weight excluding hydrogens is 875 g/mol. The molecule has 4 unspecified atom stereocenters. The summed E-state index contributed by atoms with van der Waals surface area (Å²) in [7, 11) is 0. The van der Waals surface area contributed by atoms with Crippen LogP contribution < -0.4 is 26.6 Å². The lowest BCUT2D eigenvalue weighted by molar-refractivity contribution is -0.139. The first kappa shape index (κ1) is 54.8. The van der Waals surface area contributed by atoms with Gasteiger partial charge in [0.1, 0.15) is 22.9 Å². The zero-order chi connectivity index (χ0) is 51.6. The van der Waals surface area contributed by atoms with E-state index in [2.05, 4.69) is 26.6 Å². The summed E-state index contributed by atoms with van der Waals surface area (Å²) in [5.41, 5.74) is -2.91. The van der Waals surface area contributed by atoms with Gasteiger partial charge in [-0.15, -0.1) is 0 Å². The van der Waals surface area contributed by atoms with Crippen LogP contribution in [0.1, 0.15) is 123 Å². The first-order valence-corrected chi connectivity index (χ1v) is 23.3. The molecule has 368 valence electrons. The van der Waals surface area contributed by atoms with Gasteiger partial charge in [-0.3, -0.25) is 43.2 Å². The molecule has 4 aromatic carbocycles. The maximum Gasteiger partial charge on any atom is 0.245 e. The molecule has 4 aromatic rings. The van der Waals surface area contributed by atoms with E-state index in [1.54, 1.807) is 69.3 Å². The number of benzene rings is 4. The van der Waals surface area contributed by atoms with Gasteiger partial charge in [-0.25, -0.2) is 0 Å². The van der Waals surface area contributed by atoms with Gasteiger partial charge in [-0.1, -0.05) is 118 Å². The molecule has 69 heavy (non-hydrogen) atoms. The number of fused-ring (bicyclic) bond motifs is 1. The lowest BCUT2D eigenvalue weighted by Crippen LogP contribution is -2.61.